The Morgan fingerprint density at radius 3 is 2.48 bits per heavy atom. The number of carbonyl (C=O) groups excluding carboxylic acids is 2. The van der Waals surface area contributed by atoms with Gasteiger partial charge in [0.2, 0.25) is 5.91 Å². The molecule has 2 aliphatic rings. The second-order valence-corrected chi connectivity index (χ2v) is 6.85. The maximum absolute atomic E-state index is 12.6. The van der Waals surface area contributed by atoms with Crippen LogP contribution in [0.25, 0.3) is 0 Å². The predicted octanol–water partition coefficient (Wildman–Crippen LogP) is 2.07. The number of carbonyl (C=O) groups is 2. The lowest BCUT2D eigenvalue weighted by Gasteiger charge is -2.35. The average Bonchev–Trinajstić information content (AvgIpc) is 3.16. The van der Waals surface area contributed by atoms with Gasteiger partial charge in [-0.3, -0.25) is 9.59 Å². The molecule has 0 bridgehead atoms. The molecule has 1 atom stereocenters. The van der Waals surface area contributed by atoms with Crippen molar-refractivity contribution in [3.63, 3.8) is 0 Å². The molecule has 1 N–H and O–H groups in total. The van der Waals surface area contributed by atoms with E-state index in [4.69, 9.17) is 21.1 Å². The standard InChI is InChI=1S/C18H23ClN2O4/c1-12(20-16(22)14-4-2-3-5-15(14)19)17(23)21-8-6-13(7-9-21)18-24-10-11-25-18/h2-5,12-13,18H,6-11H2,1H3,(H,20,22). The molecule has 2 heterocycles. The van der Waals surface area contributed by atoms with Gasteiger partial charge in [-0.2, -0.15) is 0 Å². The summed E-state index contributed by atoms with van der Waals surface area (Å²) in [7, 11) is 0. The van der Waals surface area contributed by atoms with Crippen LogP contribution < -0.4 is 5.32 Å². The van der Waals surface area contributed by atoms with Crippen molar-refractivity contribution in [1.82, 2.24) is 10.2 Å². The highest BCUT2D eigenvalue weighted by Gasteiger charge is 2.33. The molecule has 1 aromatic rings. The van der Waals surface area contributed by atoms with E-state index in [0.29, 0.717) is 42.8 Å². The van der Waals surface area contributed by atoms with E-state index in [1.54, 1.807) is 36.1 Å². The van der Waals surface area contributed by atoms with Gasteiger partial charge in [0.1, 0.15) is 6.04 Å². The van der Waals surface area contributed by atoms with Crippen molar-refractivity contribution in [3.05, 3.63) is 34.9 Å². The van der Waals surface area contributed by atoms with Gasteiger partial charge >= 0.3 is 0 Å². The SMILES string of the molecule is CC(NC(=O)c1ccccc1Cl)C(=O)N1CCC(C2OCCO2)CC1. The Hall–Kier alpha value is -1.63. The summed E-state index contributed by atoms with van der Waals surface area (Å²) in [6.45, 7) is 4.30. The first kappa shape index (κ1) is 18.2. The maximum Gasteiger partial charge on any atom is 0.253 e. The van der Waals surface area contributed by atoms with Crippen LogP contribution in [0.5, 0.6) is 0 Å². The smallest absolute Gasteiger partial charge is 0.253 e. The number of likely N-dealkylation sites (tertiary alicyclic amines) is 1. The Morgan fingerprint density at radius 2 is 1.84 bits per heavy atom. The molecular weight excluding hydrogens is 344 g/mol. The van der Waals surface area contributed by atoms with Crippen LogP contribution >= 0.6 is 11.6 Å². The fourth-order valence-electron chi connectivity index (χ4n) is 3.30. The molecule has 0 saturated carbocycles. The summed E-state index contributed by atoms with van der Waals surface area (Å²) in [6, 6.07) is 6.20. The number of amides is 2. The summed E-state index contributed by atoms with van der Waals surface area (Å²) in [5.41, 5.74) is 0.373. The van der Waals surface area contributed by atoms with Gasteiger partial charge in [0.05, 0.1) is 23.8 Å². The molecule has 0 aromatic heterocycles. The Balaban J connectivity index is 1.51. The number of ether oxygens (including phenoxy) is 2. The van der Waals surface area contributed by atoms with Crippen LogP contribution in [-0.4, -0.2) is 55.3 Å². The van der Waals surface area contributed by atoms with Crippen molar-refractivity contribution in [1.29, 1.82) is 0 Å². The quantitative estimate of drug-likeness (QED) is 0.885. The predicted molar refractivity (Wildman–Crippen MR) is 93.4 cm³/mol. The Morgan fingerprint density at radius 1 is 1.20 bits per heavy atom. The highest BCUT2D eigenvalue weighted by molar-refractivity contribution is 6.33. The first-order chi connectivity index (χ1) is 12.1. The van der Waals surface area contributed by atoms with Gasteiger partial charge in [-0.05, 0) is 31.9 Å². The molecule has 7 heteroatoms. The summed E-state index contributed by atoms with van der Waals surface area (Å²) in [5, 5.41) is 3.11. The number of nitrogens with zero attached hydrogens (tertiary/aromatic N) is 1. The molecule has 0 radical (unpaired) electrons. The second-order valence-electron chi connectivity index (χ2n) is 6.45. The molecule has 1 unspecified atom stereocenters. The zero-order valence-corrected chi connectivity index (χ0v) is 15.0. The molecule has 25 heavy (non-hydrogen) atoms. The largest absolute Gasteiger partial charge is 0.350 e. The number of nitrogens with one attached hydrogen (secondary N) is 1. The third-order valence-corrected chi connectivity index (χ3v) is 5.05. The van der Waals surface area contributed by atoms with Gasteiger partial charge in [-0.1, -0.05) is 23.7 Å². The van der Waals surface area contributed by atoms with Crippen LogP contribution in [0.4, 0.5) is 0 Å². The van der Waals surface area contributed by atoms with E-state index in [9.17, 15) is 9.59 Å². The number of halogens is 1. The highest BCUT2D eigenvalue weighted by atomic mass is 35.5. The van der Waals surface area contributed by atoms with E-state index < -0.39 is 6.04 Å². The van der Waals surface area contributed by atoms with Crippen molar-refractivity contribution in [3.8, 4) is 0 Å². The van der Waals surface area contributed by atoms with E-state index in [0.717, 1.165) is 12.8 Å². The molecule has 2 saturated heterocycles. The molecule has 3 rings (SSSR count). The highest BCUT2D eigenvalue weighted by Crippen LogP contribution is 2.26. The summed E-state index contributed by atoms with van der Waals surface area (Å²) in [5.74, 6) is -0.0826. The molecule has 0 spiro atoms. The zero-order valence-electron chi connectivity index (χ0n) is 14.2. The molecule has 136 valence electrons. The number of hydrogen-bond acceptors (Lipinski definition) is 4. The number of hydrogen-bond donors (Lipinski definition) is 1. The minimum Gasteiger partial charge on any atom is -0.350 e. The number of rotatable bonds is 4. The molecular formula is C18H23ClN2O4. The van der Waals surface area contributed by atoms with Crippen molar-refractivity contribution in [2.75, 3.05) is 26.3 Å². The van der Waals surface area contributed by atoms with Gasteiger partial charge in [0, 0.05) is 19.0 Å². The van der Waals surface area contributed by atoms with E-state index in [1.807, 2.05) is 0 Å². The van der Waals surface area contributed by atoms with E-state index >= 15 is 0 Å². The lowest BCUT2D eigenvalue weighted by atomic mass is 9.96. The van der Waals surface area contributed by atoms with Crippen molar-refractivity contribution < 1.29 is 19.1 Å². The fraction of sp³-hybridized carbons (Fsp3) is 0.556. The Kier molecular flexibility index (Phi) is 5.93. The minimum atomic E-state index is -0.598. The summed E-state index contributed by atoms with van der Waals surface area (Å²) in [4.78, 5) is 26.7. The van der Waals surface area contributed by atoms with Crippen LogP contribution in [0.1, 0.15) is 30.1 Å². The third kappa shape index (κ3) is 4.32. The Labute approximate surface area is 152 Å². The summed E-state index contributed by atoms with van der Waals surface area (Å²) < 4.78 is 11.1. The van der Waals surface area contributed by atoms with E-state index in [1.165, 1.54) is 0 Å². The van der Waals surface area contributed by atoms with Crippen molar-refractivity contribution >= 4 is 23.4 Å². The van der Waals surface area contributed by atoms with Crippen molar-refractivity contribution in [2.24, 2.45) is 5.92 Å². The van der Waals surface area contributed by atoms with Gasteiger partial charge < -0.3 is 19.7 Å². The lowest BCUT2D eigenvalue weighted by Crippen LogP contribution is -2.50. The van der Waals surface area contributed by atoms with Crippen molar-refractivity contribution in [2.45, 2.75) is 32.1 Å². The number of piperidine rings is 1. The first-order valence-electron chi connectivity index (χ1n) is 8.63. The van der Waals surface area contributed by atoms with Crippen LogP contribution in [0.15, 0.2) is 24.3 Å². The number of benzene rings is 1. The van der Waals surface area contributed by atoms with Gasteiger partial charge in [0.15, 0.2) is 6.29 Å². The molecule has 1 aromatic carbocycles. The molecule has 2 fully saturated rings. The van der Waals surface area contributed by atoms with Crippen LogP contribution in [0, 0.1) is 5.92 Å². The molecule has 6 nitrogen and oxygen atoms in total. The lowest BCUT2D eigenvalue weighted by molar-refractivity contribution is -0.138. The normalized spacial score (nSPS) is 20.5. The third-order valence-electron chi connectivity index (χ3n) is 4.72. The zero-order chi connectivity index (χ0) is 17.8. The van der Waals surface area contributed by atoms with E-state index in [-0.39, 0.29) is 18.1 Å². The van der Waals surface area contributed by atoms with Gasteiger partial charge in [0.25, 0.3) is 5.91 Å². The average molecular weight is 367 g/mol. The molecule has 2 amide bonds. The van der Waals surface area contributed by atoms with Crippen LogP contribution in [0.2, 0.25) is 5.02 Å². The van der Waals surface area contributed by atoms with Gasteiger partial charge in [-0.15, -0.1) is 0 Å². The van der Waals surface area contributed by atoms with Crippen LogP contribution in [-0.2, 0) is 14.3 Å². The molecule has 2 aliphatic heterocycles. The Bertz CT molecular complexity index is 625. The fourth-order valence-corrected chi connectivity index (χ4v) is 3.52. The van der Waals surface area contributed by atoms with Crippen LogP contribution in [0.3, 0.4) is 0 Å². The maximum atomic E-state index is 12.6. The topological polar surface area (TPSA) is 67.9 Å². The molecule has 0 aliphatic carbocycles. The minimum absolute atomic E-state index is 0.0767. The van der Waals surface area contributed by atoms with Gasteiger partial charge in [-0.25, -0.2) is 0 Å². The first-order valence-corrected chi connectivity index (χ1v) is 9.01. The monoisotopic (exact) mass is 366 g/mol. The summed E-state index contributed by atoms with van der Waals surface area (Å²) in [6.07, 6.45) is 1.57. The second kappa shape index (κ2) is 8.17. The summed E-state index contributed by atoms with van der Waals surface area (Å²) >= 11 is 6.03. The van der Waals surface area contributed by atoms with E-state index in [2.05, 4.69) is 5.32 Å².